The molecule has 1 atom stereocenters. The van der Waals surface area contributed by atoms with Gasteiger partial charge in [-0.15, -0.1) is 0 Å². The van der Waals surface area contributed by atoms with Crippen LogP contribution in [0.1, 0.15) is 32.8 Å². The molecule has 5 nitrogen and oxygen atoms in total. The molecule has 2 rings (SSSR count). The molecule has 0 spiro atoms. The molecule has 1 aliphatic rings. The van der Waals surface area contributed by atoms with Gasteiger partial charge in [-0.05, 0) is 30.5 Å². The number of ether oxygens (including phenoxy) is 2. The largest absolute Gasteiger partial charge is 0.490 e. The van der Waals surface area contributed by atoms with E-state index in [2.05, 4.69) is 13.8 Å². The number of fused-ring (bicyclic) bond motifs is 1. The van der Waals surface area contributed by atoms with Crippen LogP contribution < -0.4 is 15.2 Å². The maximum atomic E-state index is 12.3. The van der Waals surface area contributed by atoms with Crippen molar-refractivity contribution in [1.29, 1.82) is 0 Å². The molecule has 122 valence electrons. The third-order valence-corrected chi connectivity index (χ3v) is 3.47. The van der Waals surface area contributed by atoms with Gasteiger partial charge in [0.25, 0.3) is 0 Å². The Balaban J connectivity index is 2.15. The molecule has 1 aromatic carbocycles. The van der Waals surface area contributed by atoms with Crippen LogP contribution in [-0.2, 0) is 11.3 Å². The van der Waals surface area contributed by atoms with E-state index in [9.17, 15) is 4.79 Å². The zero-order valence-electron chi connectivity index (χ0n) is 13.7. The standard InChI is InChI=1S/C17H26N2O3/c1-12(2)10-19(17(20)13(3)18)11-14-5-6-15-16(9-14)22-8-4-7-21-15/h5-6,9,12-13H,4,7-8,10-11,18H2,1-3H3/t13-/m0/s1. The predicted molar refractivity (Wildman–Crippen MR) is 86.0 cm³/mol. The highest BCUT2D eigenvalue weighted by Gasteiger charge is 2.20. The van der Waals surface area contributed by atoms with Gasteiger partial charge in [0, 0.05) is 19.5 Å². The van der Waals surface area contributed by atoms with Gasteiger partial charge in [-0.25, -0.2) is 0 Å². The fraction of sp³-hybridized carbons (Fsp3) is 0.588. The molecule has 0 saturated carbocycles. The lowest BCUT2D eigenvalue weighted by molar-refractivity contribution is -0.133. The molecule has 0 unspecified atom stereocenters. The van der Waals surface area contributed by atoms with E-state index in [0.717, 1.165) is 23.5 Å². The summed E-state index contributed by atoms with van der Waals surface area (Å²) in [4.78, 5) is 14.1. The monoisotopic (exact) mass is 306 g/mol. The number of carbonyl (C=O) groups excluding carboxylic acids is 1. The molecule has 0 saturated heterocycles. The van der Waals surface area contributed by atoms with Crippen molar-refractivity contribution in [3.8, 4) is 11.5 Å². The van der Waals surface area contributed by atoms with Crippen molar-refractivity contribution in [3.63, 3.8) is 0 Å². The Kier molecular flexibility index (Phi) is 5.66. The summed E-state index contributed by atoms with van der Waals surface area (Å²) in [7, 11) is 0. The predicted octanol–water partition coefficient (Wildman–Crippen LogP) is 2.18. The van der Waals surface area contributed by atoms with Crippen molar-refractivity contribution < 1.29 is 14.3 Å². The van der Waals surface area contributed by atoms with Crippen molar-refractivity contribution >= 4 is 5.91 Å². The first-order valence-electron chi connectivity index (χ1n) is 7.90. The van der Waals surface area contributed by atoms with Crippen LogP contribution >= 0.6 is 0 Å². The van der Waals surface area contributed by atoms with Gasteiger partial charge in [-0.3, -0.25) is 4.79 Å². The van der Waals surface area contributed by atoms with E-state index in [1.165, 1.54) is 0 Å². The summed E-state index contributed by atoms with van der Waals surface area (Å²) in [5.41, 5.74) is 6.79. The van der Waals surface area contributed by atoms with E-state index in [4.69, 9.17) is 15.2 Å². The van der Waals surface area contributed by atoms with Crippen molar-refractivity contribution in [2.24, 2.45) is 11.7 Å². The normalized spacial score (nSPS) is 15.3. The number of hydrogen-bond donors (Lipinski definition) is 1. The fourth-order valence-corrected chi connectivity index (χ4v) is 2.49. The van der Waals surface area contributed by atoms with E-state index in [1.807, 2.05) is 23.1 Å². The van der Waals surface area contributed by atoms with Crippen LogP contribution in [0.2, 0.25) is 0 Å². The summed E-state index contributed by atoms with van der Waals surface area (Å²) in [6.07, 6.45) is 0.882. The smallest absolute Gasteiger partial charge is 0.239 e. The Hall–Kier alpha value is -1.75. The van der Waals surface area contributed by atoms with Crippen molar-refractivity contribution in [3.05, 3.63) is 23.8 Å². The van der Waals surface area contributed by atoms with Gasteiger partial charge < -0.3 is 20.1 Å². The van der Waals surface area contributed by atoms with E-state index < -0.39 is 6.04 Å². The first kappa shape index (κ1) is 16.6. The van der Waals surface area contributed by atoms with Crippen LogP contribution in [0, 0.1) is 5.92 Å². The van der Waals surface area contributed by atoms with Crippen LogP contribution in [0.25, 0.3) is 0 Å². The van der Waals surface area contributed by atoms with Gasteiger partial charge >= 0.3 is 0 Å². The maximum Gasteiger partial charge on any atom is 0.239 e. The molecule has 0 fully saturated rings. The van der Waals surface area contributed by atoms with Gasteiger partial charge in [0.1, 0.15) is 0 Å². The highest BCUT2D eigenvalue weighted by molar-refractivity contribution is 5.81. The SMILES string of the molecule is CC(C)CN(Cc1ccc2c(c1)OCCCO2)C(=O)[C@H](C)N. The first-order valence-corrected chi connectivity index (χ1v) is 7.90. The van der Waals surface area contributed by atoms with E-state index in [0.29, 0.717) is 32.2 Å². The number of benzene rings is 1. The second-order valence-electron chi connectivity index (χ2n) is 6.23. The summed E-state index contributed by atoms with van der Waals surface area (Å²) < 4.78 is 11.3. The molecule has 1 aliphatic heterocycles. The van der Waals surface area contributed by atoms with Crippen LogP contribution in [0.3, 0.4) is 0 Å². The van der Waals surface area contributed by atoms with E-state index >= 15 is 0 Å². The Bertz CT molecular complexity index is 515. The second-order valence-corrected chi connectivity index (χ2v) is 6.23. The summed E-state index contributed by atoms with van der Waals surface area (Å²) in [6.45, 7) is 8.47. The van der Waals surface area contributed by atoms with Crippen LogP contribution in [0.15, 0.2) is 18.2 Å². The molecule has 0 aromatic heterocycles. The minimum Gasteiger partial charge on any atom is -0.490 e. The molecule has 0 bridgehead atoms. The minimum atomic E-state index is -0.487. The molecule has 5 heteroatoms. The molecular weight excluding hydrogens is 280 g/mol. The Morgan fingerprint density at radius 3 is 2.55 bits per heavy atom. The van der Waals surface area contributed by atoms with E-state index in [1.54, 1.807) is 6.92 Å². The summed E-state index contributed by atoms with van der Waals surface area (Å²) in [6, 6.07) is 5.37. The quantitative estimate of drug-likeness (QED) is 0.905. The Morgan fingerprint density at radius 2 is 1.91 bits per heavy atom. The Labute approximate surface area is 132 Å². The molecule has 1 amide bonds. The summed E-state index contributed by atoms with van der Waals surface area (Å²) in [5, 5.41) is 0. The Morgan fingerprint density at radius 1 is 1.23 bits per heavy atom. The molecule has 22 heavy (non-hydrogen) atoms. The molecule has 1 heterocycles. The minimum absolute atomic E-state index is 0.0270. The lowest BCUT2D eigenvalue weighted by Gasteiger charge is -2.26. The van der Waals surface area contributed by atoms with Gasteiger partial charge in [0.2, 0.25) is 5.91 Å². The molecule has 1 aromatic rings. The van der Waals surface area contributed by atoms with Crippen LogP contribution in [-0.4, -0.2) is 36.6 Å². The lowest BCUT2D eigenvalue weighted by Crippen LogP contribution is -2.43. The number of nitrogens with zero attached hydrogens (tertiary/aromatic N) is 1. The van der Waals surface area contributed by atoms with Gasteiger partial charge in [0.15, 0.2) is 11.5 Å². The lowest BCUT2D eigenvalue weighted by atomic mass is 10.1. The number of nitrogens with two attached hydrogens (primary N) is 1. The zero-order chi connectivity index (χ0) is 16.1. The topological polar surface area (TPSA) is 64.8 Å². The van der Waals surface area contributed by atoms with Crippen molar-refractivity contribution in [2.45, 2.75) is 39.8 Å². The first-order chi connectivity index (χ1) is 10.5. The van der Waals surface area contributed by atoms with E-state index in [-0.39, 0.29) is 5.91 Å². The van der Waals surface area contributed by atoms with Crippen molar-refractivity contribution in [2.75, 3.05) is 19.8 Å². The van der Waals surface area contributed by atoms with Crippen LogP contribution in [0.5, 0.6) is 11.5 Å². The molecule has 0 radical (unpaired) electrons. The molecule has 0 aliphatic carbocycles. The fourth-order valence-electron chi connectivity index (χ4n) is 2.49. The van der Waals surface area contributed by atoms with Gasteiger partial charge in [0.05, 0.1) is 19.3 Å². The third kappa shape index (κ3) is 4.37. The second kappa shape index (κ2) is 7.49. The average Bonchev–Trinajstić information content (AvgIpc) is 2.70. The summed E-state index contributed by atoms with van der Waals surface area (Å²) >= 11 is 0. The number of amides is 1. The maximum absolute atomic E-state index is 12.3. The van der Waals surface area contributed by atoms with Gasteiger partial charge in [-0.1, -0.05) is 19.9 Å². The van der Waals surface area contributed by atoms with Crippen molar-refractivity contribution in [1.82, 2.24) is 4.90 Å². The number of carbonyl (C=O) groups is 1. The molecule has 2 N–H and O–H groups in total. The third-order valence-electron chi connectivity index (χ3n) is 3.47. The summed E-state index contributed by atoms with van der Waals surface area (Å²) in [5.74, 6) is 1.90. The van der Waals surface area contributed by atoms with Crippen LogP contribution in [0.4, 0.5) is 0 Å². The average molecular weight is 306 g/mol. The highest BCUT2D eigenvalue weighted by Crippen LogP contribution is 2.30. The highest BCUT2D eigenvalue weighted by atomic mass is 16.5. The molecular formula is C17H26N2O3. The number of rotatable bonds is 5. The van der Waals surface area contributed by atoms with Gasteiger partial charge in [-0.2, -0.15) is 0 Å². The number of hydrogen-bond acceptors (Lipinski definition) is 4. The zero-order valence-corrected chi connectivity index (χ0v) is 13.7.